The molecule has 0 radical (unpaired) electrons. The van der Waals surface area contributed by atoms with Gasteiger partial charge in [-0.1, -0.05) is 25.3 Å². The monoisotopic (exact) mass is 166 g/mol. The Morgan fingerprint density at radius 1 is 1.58 bits per heavy atom. The van der Waals surface area contributed by atoms with E-state index in [1.165, 1.54) is 0 Å². The van der Waals surface area contributed by atoms with Gasteiger partial charge in [0, 0.05) is 25.8 Å². The maximum atomic E-state index is 3.91. The largest absolute Gasteiger partial charge is 0.374 e. The van der Waals surface area contributed by atoms with E-state index < -0.39 is 0 Å². The molecule has 0 fully saturated rings. The molecule has 0 atom stereocenters. The summed E-state index contributed by atoms with van der Waals surface area (Å²) < 4.78 is 0. The fraction of sp³-hybridized carbons (Fsp3) is 0.400. The number of rotatable bonds is 6. The average molecular weight is 166 g/mol. The minimum Gasteiger partial charge on any atom is -0.374 e. The molecule has 0 unspecified atom stereocenters. The van der Waals surface area contributed by atoms with Crippen LogP contribution in [0.2, 0.25) is 0 Å². The Kier molecular flexibility index (Phi) is 6.11. The molecule has 12 heavy (non-hydrogen) atoms. The molecule has 0 spiro atoms. The van der Waals surface area contributed by atoms with Crippen LogP contribution in [0.15, 0.2) is 37.1 Å². The van der Waals surface area contributed by atoms with Crippen LogP contribution in [-0.4, -0.2) is 32.1 Å². The van der Waals surface area contributed by atoms with Crippen LogP contribution in [0.25, 0.3) is 0 Å². The Morgan fingerprint density at radius 2 is 2.25 bits per heavy atom. The van der Waals surface area contributed by atoms with Crippen molar-refractivity contribution in [1.82, 2.24) is 10.2 Å². The Balaban J connectivity index is 3.76. The molecule has 68 valence electrons. The van der Waals surface area contributed by atoms with Crippen LogP contribution >= 0.6 is 0 Å². The van der Waals surface area contributed by atoms with Crippen LogP contribution in [0.1, 0.15) is 0 Å². The first-order valence-electron chi connectivity index (χ1n) is 4.06. The second kappa shape index (κ2) is 6.68. The highest BCUT2D eigenvalue weighted by Gasteiger charge is 1.95. The summed E-state index contributed by atoms with van der Waals surface area (Å²) in [5, 5.41) is 3.08. The molecule has 0 aliphatic carbocycles. The Hall–Kier alpha value is -1.02. The number of hydrogen-bond donors (Lipinski definition) is 1. The second-order valence-corrected chi connectivity index (χ2v) is 2.61. The van der Waals surface area contributed by atoms with Gasteiger partial charge in [-0.2, -0.15) is 0 Å². The average Bonchev–Trinajstić information content (AvgIpc) is 2.10. The summed E-state index contributed by atoms with van der Waals surface area (Å²) in [5.41, 5.74) is 1.00. The summed E-state index contributed by atoms with van der Waals surface area (Å²) in [6.07, 6.45) is 5.58. The van der Waals surface area contributed by atoms with Crippen LogP contribution in [-0.2, 0) is 0 Å². The molecule has 0 aromatic rings. The predicted molar refractivity (Wildman–Crippen MR) is 55.0 cm³/mol. The summed E-state index contributed by atoms with van der Waals surface area (Å²) in [4.78, 5) is 2.09. The number of nitrogens with zero attached hydrogens (tertiary/aromatic N) is 1. The molecule has 2 heteroatoms. The van der Waals surface area contributed by atoms with E-state index in [2.05, 4.69) is 23.4 Å². The van der Waals surface area contributed by atoms with Gasteiger partial charge in [0.1, 0.15) is 0 Å². The van der Waals surface area contributed by atoms with Crippen molar-refractivity contribution >= 4 is 0 Å². The number of hydrogen-bond acceptors (Lipinski definition) is 2. The lowest BCUT2D eigenvalue weighted by molar-refractivity contribution is 0.429. The van der Waals surface area contributed by atoms with E-state index >= 15 is 0 Å². The van der Waals surface area contributed by atoms with Crippen LogP contribution in [0.4, 0.5) is 0 Å². The molecule has 0 aliphatic rings. The van der Waals surface area contributed by atoms with Gasteiger partial charge in [-0.05, 0) is 13.1 Å². The predicted octanol–water partition coefficient (Wildman–Crippen LogP) is 1.39. The minimum absolute atomic E-state index is 0.969. The Bertz CT molecular complexity index is 171. The molecule has 0 aromatic carbocycles. The van der Waals surface area contributed by atoms with Gasteiger partial charge in [0.25, 0.3) is 0 Å². The molecule has 0 bridgehead atoms. The molecule has 0 aromatic heterocycles. The molecule has 2 nitrogen and oxygen atoms in total. The summed E-state index contributed by atoms with van der Waals surface area (Å²) in [5.74, 6) is 0. The first kappa shape index (κ1) is 11.0. The molecule has 0 amide bonds. The molecule has 0 aliphatic heterocycles. The number of allylic oxidation sites excluding steroid dienone is 3. The third-order valence-corrected chi connectivity index (χ3v) is 1.61. The van der Waals surface area contributed by atoms with E-state index in [0.717, 1.165) is 18.8 Å². The molecular formula is C10H18N2. The van der Waals surface area contributed by atoms with E-state index in [1.807, 2.05) is 26.2 Å². The smallest absolute Gasteiger partial charge is 0.0299 e. The summed E-state index contributed by atoms with van der Waals surface area (Å²) in [6.45, 7) is 9.44. The third kappa shape index (κ3) is 4.74. The van der Waals surface area contributed by atoms with Gasteiger partial charge in [0.05, 0.1) is 0 Å². The van der Waals surface area contributed by atoms with Gasteiger partial charge in [-0.15, -0.1) is 0 Å². The van der Waals surface area contributed by atoms with Gasteiger partial charge < -0.3 is 10.2 Å². The molecule has 1 N–H and O–H groups in total. The van der Waals surface area contributed by atoms with Crippen molar-refractivity contribution in [2.24, 2.45) is 0 Å². The molecule has 0 saturated carbocycles. The lowest BCUT2D eigenvalue weighted by Gasteiger charge is -2.18. The van der Waals surface area contributed by atoms with Gasteiger partial charge in [-0.25, -0.2) is 0 Å². The fourth-order valence-corrected chi connectivity index (χ4v) is 0.729. The Labute approximate surface area is 75.3 Å². The standard InChI is InChI=1S/C10H18N2/c1-5-6-7-10(2)12(4)9-8-11-3/h5-7,11H,1-2,8-9H2,3-4H3/b7-6-. The Morgan fingerprint density at radius 3 is 2.75 bits per heavy atom. The first-order valence-corrected chi connectivity index (χ1v) is 4.06. The molecule has 0 saturated heterocycles. The fourth-order valence-electron chi connectivity index (χ4n) is 0.729. The van der Waals surface area contributed by atoms with Crippen LogP contribution in [0, 0.1) is 0 Å². The lowest BCUT2D eigenvalue weighted by atomic mass is 10.3. The van der Waals surface area contributed by atoms with Crippen molar-refractivity contribution in [3.05, 3.63) is 37.1 Å². The maximum Gasteiger partial charge on any atom is 0.0299 e. The zero-order valence-corrected chi connectivity index (χ0v) is 8.01. The summed E-state index contributed by atoms with van der Waals surface area (Å²) in [6, 6.07) is 0. The maximum absolute atomic E-state index is 3.91. The van der Waals surface area contributed by atoms with E-state index in [9.17, 15) is 0 Å². The molecular weight excluding hydrogens is 148 g/mol. The van der Waals surface area contributed by atoms with Gasteiger partial charge >= 0.3 is 0 Å². The highest BCUT2D eigenvalue weighted by molar-refractivity contribution is 5.16. The van der Waals surface area contributed by atoms with E-state index in [1.54, 1.807) is 6.08 Å². The minimum atomic E-state index is 0.969. The molecule has 0 rings (SSSR count). The van der Waals surface area contributed by atoms with Crippen molar-refractivity contribution in [1.29, 1.82) is 0 Å². The zero-order valence-electron chi connectivity index (χ0n) is 8.01. The first-order chi connectivity index (χ1) is 5.72. The zero-order chi connectivity index (χ0) is 9.40. The normalized spacial score (nSPS) is 10.2. The van der Waals surface area contributed by atoms with Crippen LogP contribution < -0.4 is 5.32 Å². The van der Waals surface area contributed by atoms with E-state index in [-0.39, 0.29) is 0 Å². The van der Waals surface area contributed by atoms with Crippen molar-refractivity contribution in [2.45, 2.75) is 0 Å². The van der Waals surface area contributed by atoms with E-state index in [0.29, 0.717) is 0 Å². The summed E-state index contributed by atoms with van der Waals surface area (Å²) in [7, 11) is 3.96. The lowest BCUT2D eigenvalue weighted by Crippen LogP contribution is -2.25. The van der Waals surface area contributed by atoms with Crippen molar-refractivity contribution in [3.8, 4) is 0 Å². The highest BCUT2D eigenvalue weighted by Crippen LogP contribution is 1.98. The van der Waals surface area contributed by atoms with Crippen LogP contribution in [0.5, 0.6) is 0 Å². The number of nitrogens with one attached hydrogen (secondary N) is 1. The van der Waals surface area contributed by atoms with Crippen molar-refractivity contribution in [2.75, 3.05) is 27.2 Å². The van der Waals surface area contributed by atoms with Crippen molar-refractivity contribution in [3.63, 3.8) is 0 Å². The topological polar surface area (TPSA) is 15.3 Å². The molecule has 0 heterocycles. The quantitative estimate of drug-likeness (QED) is 0.600. The van der Waals surface area contributed by atoms with E-state index in [4.69, 9.17) is 0 Å². The van der Waals surface area contributed by atoms with Crippen molar-refractivity contribution < 1.29 is 0 Å². The van der Waals surface area contributed by atoms with Gasteiger partial charge in [-0.3, -0.25) is 0 Å². The van der Waals surface area contributed by atoms with Gasteiger partial charge in [0.15, 0.2) is 0 Å². The SMILES string of the molecule is C=C/C=C\C(=C)N(C)CCNC. The third-order valence-electron chi connectivity index (χ3n) is 1.61. The second-order valence-electron chi connectivity index (χ2n) is 2.61. The van der Waals surface area contributed by atoms with Crippen LogP contribution in [0.3, 0.4) is 0 Å². The van der Waals surface area contributed by atoms with Gasteiger partial charge in [0.2, 0.25) is 0 Å². The number of likely N-dealkylation sites (N-methyl/N-ethyl adjacent to an activating group) is 2. The summed E-state index contributed by atoms with van der Waals surface area (Å²) >= 11 is 0. The highest BCUT2D eigenvalue weighted by atomic mass is 15.1.